The van der Waals surface area contributed by atoms with E-state index in [0.717, 1.165) is 0 Å². The van der Waals surface area contributed by atoms with E-state index in [-0.39, 0.29) is 28.0 Å². The lowest BCUT2D eigenvalue weighted by Crippen LogP contribution is -2.23. The average molecular weight is 446 g/mol. The standard InChI is InChI=1S/C16H17ClFN5O3S2/c1-2-5-28(25,26)23-10-4-3-9(17)13(11(10)18)22-16(24)8-6-27-14-12(8)20-7-21-15(14)19/h3-4,7-8,23H,2,5-6H2,1H3,(H,22,24)(H2,19,20,21). The number of nitrogens with one attached hydrogen (secondary N) is 2. The highest BCUT2D eigenvalue weighted by molar-refractivity contribution is 7.99. The molecule has 150 valence electrons. The summed E-state index contributed by atoms with van der Waals surface area (Å²) in [6.45, 7) is 1.69. The Morgan fingerprint density at radius 2 is 2.18 bits per heavy atom. The number of fused-ring (bicyclic) bond motifs is 1. The van der Waals surface area contributed by atoms with Crippen LogP contribution in [0.4, 0.5) is 21.6 Å². The Bertz CT molecular complexity index is 1040. The zero-order valence-electron chi connectivity index (χ0n) is 14.7. The third-order valence-corrected chi connectivity index (χ3v) is 6.98. The fourth-order valence-electron chi connectivity index (χ4n) is 2.69. The van der Waals surface area contributed by atoms with Gasteiger partial charge in [0.1, 0.15) is 12.1 Å². The van der Waals surface area contributed by atoms with E-state index in [9.17, 15) is 17.6 Å². The number of carbonyl (C=O) groups excluding carboxylic acids is 1. The molecule has 0 aliphatic carbocycles. The van der Waals surface area contributed by atoms with Crippen LogP contribution in [0.3, 0.4) is 0 Å². The normalized spacial score (nSPS) is 15.9. The van der Waals surface area contributed by atoms with Gasteiger partial charge in [0.05, 0.1) is 38.7 Å². The molecule has 0 fully saturated rings. The number of hydrogen-bond donors (Lipinski definition) is 3. The lowest BCUT2D eigenvalue weighted by Gasteiger charge is -2.15. The van der Waals surface area contributed by atoms with Crippen LogP contribution < -0.4 is 15.8 Å². The van der Waals surface area contributed by atoms with Gasteiger partial charge >= 0.3 is 0 Å². The summed E-state index contributed by atoms with van der Waals surface area (Å²) in [7, 11) is -3.71. The molecule has 0 radical (unpaired) electrons. The number of benzene rings is 1. The van der Waals surface area contributed by atoms with E-state index in [4.69, 9.17) is 17.3 Å². The first-order valence-corrected chi connectivity index (χ1v) is 11.3. The molecule has 1 aliphatic heterocycles. The van der Waals surface area contributed by atoms with Crippen molar-refractivity contribution in [3.63, 3.8) is 0 Å². The SMILES string of the molecule is CCCS(=O)(=O)Nc1ccc(Cl)c(NC(=O)C2CSc3c(N)ncnc32)c1F. The number of anilines is 3. The van der Waals surface area contributed by atoms with Crippen molar-refractivity contribution in [1.82, 2.24) is 9.97 Å². The second-order valence-corrected chi connectivity index (χ2v) is 9.31. The van der Waals surface area contributed by atoms with Crippen LogP contribution in [-0.2, 0) is 14.8 Å². The van der Waals surface area contributed by atoms with Crippen molar-refractivity contribution < 1.29 is 17.6 Å². The van der Waals surface area contributed by atoms with Crippen LogP contribution >= 0.6 is 23.4 Å². The van der Waals surface area contributed by atoms with Crippen molar-refractivity contribution >= 4 is 56.5 Å². The van der Waals surface area contributed by atoms with Gasteiger partial charge in [-0.25, -0.2) is 22.8 Å². The number of thioether (sulfide) groups is 1. The quantitative estimate of drug-likeness (QED) is 0.623. The lowest BCUT2D eigenvalue weighted by molar-refractivity contribution is -0.117. The van der Waals surface area contributed by atoms with Crippen LogP contribution in [0, 0.1) is 5.82 Å². The maximum Gasteiger partial charge on any atom is 0.234 e. The Hall–Kier alpha value is -2.11. The molecule has 28 heavy (non-hydrogen) atoms. The van der Waals surface area contributed by atoms with Crippen molar-refractivity contribution in [2.45, 2.75) is 24.2 Å². The molecule has 2 heterocycles. The predicted molar refractivity (Wildman–Crippen MR) is 108 cm³/mol. The first-order chi connectivity index (χ1) is 13.2. The second-order valence-electron chi connectivity index (χ2n) is 6.03. The highest BCUT2D eigenvalue weighted by Gasteiger charge is 2.33. The van der Waals surface area contributed by atoms with Gasteiger partial charge in [-0.05, 0) is 18.6 Å². The van der Waals surface area contributed by atoms with Gasteiger partial charge in [-0.15, -0.1) is 11.8 Å². The fraction of sp³-hybridized carbons (Fsp3) is 0.312. The molecule has 1 unspecified atom stereocenters. The molecule has 0 saturated carbocycles. The summed E-state index contributed by atoms with van der Waals surface area (Å²) in [5, 5.41) is 2.39. The molecular weight excluding hydrogens is 429 g/mol. The summed E-state index contributed by atoms with van der Waals surface area (Å²) >= 11 is 7.36. The maximum absolute atomic E-state index is 14.8. The monoisotopic (exact) mass is 445 g/mol. The molecular formula is C16H17ClFN5O3S2. The number of nitrogens with two attached hydrogens (primary N) is 1. The first-order valence-electron chi connectivity index (χ1n) is 8.26. The molecule has 1 atom stereocenters. The van der Waals surface area contributed by atoms with Gasteiger partial charge in [0.2, 0.25) is 15.9 Å². The minimum absolute atomic E-state index is 0.0580. The first kappa shape index (κ1) is 20.6. The van der Waals surface area contributed by atoms with E-state index < -0.39 is 27.7 Å². The summed E-state index contributed by atoms with van der Waals surface area (Å²) in [6, 6.07) is 2.51. The smallest absolute Gasteiger partial charge is 0.234 e. The highest BCUT2D eigenvalue weighted by Crippen LogP contribution is 2.41. The average Bonchev–Trinajstić information content (AvgIpc) is 3.06. The summed E-state index contributed by atoms with van der Waals surface area (Å²) in [4.78, 5) is 21.3. The molecule has 1 aromatic carbocycles. The molecule has 1 amide bonds. The minimum atomic E-state index is -3.71. The van der Waals surface area contributed by atoms with E-state index in [2.05, 4.69) is 20.0 Å². The molecule has 3 rings (SSSR count). The van der Waals surface area contributed by atoms with E-state index in [1.54, 1.807) is 6.92 Å². The van der Waals surface area contributed by atoms with E-state index in [1.165, 1.54) is 30.2 Å². The summed E-state index contributed by atoms with van der Waals surface area (Å²) < 4.78 is 40.8. The molecule has 4 N–H and O–H groups in total. The topological polar surface area (TPSA) is 127 Å². The lowest BCUT2D eigenvalue weighted by atomic mass is 10.1. The predicted octanol–water partition coefficient (Wildman–Crippen LogP) is 2.83. The number of rotatable bonds is 6. The molecule has 0 saturated heterocycles. The number of nitrogens with zero attached hydrogens (tertiary/aromatic N) is 2. The van der Waals surface area contributed by atoms with Crippen molar-refractivity contribution in [1.29, 1.82) is 0 Å². The molecule has 8 nitrogen and oxygen atoms in total. The van der Waals surface area contributed by atoms with Crippen LogP contribution in [0.25, 0.3) is 0 Å². The summed E-state index contributed by atoms with van der Waals surface area (Å²) in [5.74, 6) is -1.67. The van der Waals surface area contributed by atoms with Gasteiger partial charge in [0, 0.05) is 5.75 Å². The van der Waals surface area contributed by atoms with Gasteiger partial charge in [0.15, 0.2) is 5.82 Å². The third-order valence-electron chi connectivity index (χ3n) is 3.98. The fourth-order valence-corrected chi connectivity index (χ4v) is 5.20. The maximum atomic E-state index is 14.8. The van der Waals surface area contributed by atoms with Crippen LogP contribution in [0.5, 0.6) is 0 Å². The minimum Gasteiger partial charge on any atom is -0.383 e. The van der Waals surface area contributed by atoms with E-state index in [1.807, 2.05) is 0 Å². The van der Waals surface area contributed by atoms with Crippen LogP contribution in [0.1, 0.15) is 25.0 Å². The summed E-state index contributed by atoms with van der Waals surface area (Å²) in [6.07, 6.45) is 1.63. The number of sulfonamides is 1. The van der Waals surface area contributed by atoms with Crippen molar-refractivity contribution in [3.8, 4) is 0 Å². The number of carbonyl (C=O) groups is 1. The molecule has 1 aromatic heterocycles. The van der Waals surface area contributed by atoms with Gasteiger partial charge in [-0.2, -0.15) is 0 Å². The van der Waals surface area contributed by atoms with E-state index >= 15 is 0 Å². The van der Waals surface area contributed by atoms with Gasteiger partial charge in [-0.3, -0.25) is 9.52 Å². The Kier molecular flexibility index (Phi) is 5.96. The van der Waals surface area contributed by atoms with Gasteiger partial charge in [0.25, 0.3) is 0 Å². The van der Waals surface area contributed by atoms with Gasteiger partial charge < -0.3 is 11.1 Å². The van der Waals surface area contributed by atoms with E-state index in [0.29, 0.717) is 22.8 Å². The molecule has 2 aromatic rings. The zero-order valence-corrected chi connectivity index (χ0v) is 17.1. The number of hydrogen-bond acceptors (Lipinski definition) is 7. The summed E-state index contributed by atoms with van der Waals surface area (Å²) in [5.41, 5.74) is 5.66. The second kappa shape index (κ2) is 8.10. The Labute approximate surface area is 170 Å². The molecule has 0 spiro atoms. The number of nitrogen functional groups attached to an aromatic ring is 1. The molecule has 0 bridgehead atoms. The Balaban J connectivity index is 1.86. The van der Waals surface area contributed by atoms with Crippen molar-refractivity contribution in [3.05, 3.63) is 35.0 Å². The largest absolute Gasteiger partial charge is 0.383 e. The third kappa shape index (κ3) is 4.15. The number of amides is 1. The van der Waals surface area contributed by atoms with Crippen molar-refractivity contribution in [2.75, 3.05) is 27.3 Å². The zero-order chi connectivity index (χ0) is 20.5. The molecule has 12 heteroatoms. The van der Waals surface area contributed by atoms with Crippen molar-refractivity contribution in [2.24, 2.45) is 0 Å². The number of aromatic nitrogens is 2. The Morgan fingerprint density at radius 1 is 1.43 bits per heavy atom. The van der Waals surface area contributed by atoms with Crippen LogP contribution in [0.15, 0.2) is 23.4 Å². The van der Waals surface area contributed by atoms with Crippen LogP contribution in [-0.4, -0.2) is 35.8 Å². The van der Waals surface area contributed by atoms with Gasteiger partial charge in [-0.1, -0.05) is 18.5 Å². The van der Waals surface area contributed by atoms with Crippen LogP contribution in [0.2, 0.25) is 5.02 Å². The highest BCUT2D eigenvalue weighted by atomic mass is 35.5. The number of halogens is 2. The molecule has 1 aliphatic rings. The Morgan fingerprint density at radius 3 is 2.89 bits per heavy atom.